The molecule has 1 aliphatic carbocycles. The molecule has 130 valence electrons. The highest BCUT2D eigenvalue weighted by atomic mass is 127. The van der Waals surface area contributed by atoms with Crippen LogP contribution >= 0.6 is 24.0 Å². The van der Waals surface area contributed by atoms with Crippen LogP contribution in [-0.4, -0.2) is 49.6 Å². The van der Waals surface area contributed by atoms with Crippen molar-refractivity contribution in [1.29, 1.82) is 0 Å². The van der Waals surface area contributed by atoms with Gasteiger partial charge in [0.1, 0.15) is 0 Å². The zero-order valence-corrected chi connectivity index (χ0v) is 17.0. The van der Waals surface area contributed by atoms with Gasteiger partial charge in [0.25, 0.3) is 0 Å². The lowest BCUT2D eigenvalue weighted by Gasteiger charge is -2.41. The summed E-state index contributed by atoms with van der Waals surface area (Å²) < 4.78 is 0. The van der Waals surface area contributed by atoms with E-state index < -0.39 is 0 Å². The fourth-order valence-electron chi connectivity index (χ4n) is 3.14. The summed E-state index contributed by atoms with van der Waals surface area (Å²) in [7, 11) is 1.87. The Kier molecular flexibility index (Phi) is 9.05. The second kappa shape index (κ2) is 9.96. The Hall–Kier alpha value is -0.0400. The van der Waals surface area contributed by atoms with Crippen molar-refractivity contribution in [2.45, 2.75) is 64.3 Å². The van der Waals surface area contributed by atoms with Gasteiger partial charge in [-0.25, -0.2) is 0 Å². The average molecular weight is 422 g/mol. The number of nitrogens with zero attached hydrogens (tertiary/aromatic N) is 2. The van der Waals surface area contributed by atoms with Gasteiger partial charge in [-0.3, -0.25) is 9.89 Å². The number of hydrogen-bond acceptors (Lipinski definition) is 2. The SMILES string of the molecule is CN=C(NCCCC1CC1)NCC(C)(C)N1CCCCC1.I. The summed E-state index contributed by atoms with van der Waals surface area (Å²) in [6.07, 6.45) is 9.64. The summed E-state index contributed by atoms with van der Waals surface area (Å²) in [6.45, 7) is 9.15. The van der Waals surface area contributed by atoms with E-state index in [0.29, 0.717) is 0 Å². The third-order valence-corrected chi connectivity index (χ3v) is 4.90. The van der Waals surface area contributed by atoms with E-state index in [1.54, 1.807) is 0 Å². The molecule has 0 aromatic carbocycles. The van der Waals surface area contributed by atoms with Gasteiger partial charge >= 0.3 is 0 Å². The molecule has 1 aliphatic heterocycles. The molecule has 0 unspecified atom stereocenters. The first-order valence-corrected chi connectivity index (χ1v) is 8.81. The maximum atomic E-state index is 4.34. The van der Waals surface area contributed by atoms with Crippen LogP contribution in [-0.2, 0) is 0 Å². The standard InChI is InChI=1S/C17H34N4.HI/c1-17(2,21-12-5-4-6-13-21)14-20-16(18-3)19-11-7-8-15-9-10-15;/h15H,4-14H2,1-3H3,(H2,18,19,20);1H. The fraction of sp³-hybridized carbons (Fsp3) is 0.941. The third-order valence-electron chi connectivity index (χ3n) is 4.90. The second-order valence-electron chi connectivity index (χ2n) is 7.30. The summed E-state index contributed by atoms with van der Waals surface area (Å²) in [4.78, 5) is 6.96. The molecule has 1 saturated carbocycles. The lowest BCUT2D eigenvalue weighted by Crippen LogP contribution is -2.54. The Morgan fingerprint density at radius 3 is 2.41 bits per heavy atom. The van der Waals surface area contributed by atoms with E-state index in [0.717, 1.165) is 25.0 Å². The monoisotopic (exact) mass is 422 g/mol. The number of aliphatic imine (C=N–C) groups is 1. The molecule has 22 heavy (non-hydrogen) atoms. The van der Waals surface area contributed by atoms with Crippen molar-refractivity contribution in [3.05, 3.63) is 0 Å². The predicted octanol–water partition coefficient (Wildman–Crippen LogP) is 3.22. The number of guanidine groups is 1. The first kappa shape index (κ1) is 20.0. The first-order valence-electron chi connectivity index (χ1n) is 8.81. The number of hydrogen-bond donors (Lipinski definition) is 2. The van der Waals surface area contributed by atoms with E-state index in [1.165, 1.54) is 58.0 Å². The predicted molar refractivity (Wildman–Crippen MR) is 106 cm³/mol. The molecule has 0 amide bonds. The second-order valence-corrected chi connectivity index (χ2v) is 7.30. The minimum Gasteiger partial charge on any atom is -0.356 e. The molecule has 5 heteroatoms. The minimum atomic E-state index is 0. The van der Waals surface area contributed by atoms with E-state index in [-0.39, 0.29) is 29.5 Å². The fourth-order valence-corrected chi connectivity index (χ4v) is 3.14. The molecule has 0 aromatic rings. The van der Waals surface area contributed by atoms with Gasteiger partial charge in [0, 0.05) is 25.7 Å². The summed E-state index contributed by atoms with van der Waals surface area (Å²) in [5, 5.41) is 6.96. The van der Waals surface area contributed by atoms with E-state index in [1.807, 2.05) is 7.05 Å². The maximum Gasteiger partial charge on any atom is 0.191 e. The molecule has 2 rings (SSSR count). The Balaban J connectivity index is 0.00000242. The highest BCUT2D eigenvalue weighted by molar-refractivity contribution is 14.0. The number of rotatable bonds is 7. The molecule has 2 N–H and O–H groups in total. The summed E-state index contributed by atoms with van der Waals surface area (Å²) in [6, 6.07) is 0. The maximum absolute atomic E-state index is 4.34. The van der Waals surface area contributed by atoms with Crippen LogP contribution in [0, 0.1) is 5.92 Å². The summed E-state index contributed by atoms with van der Waals surface area (Å²) >= 11 is 0. The van der Waals surface area contributed by atoms with Crippen molar-refractivity contribution in [1.82, 2.24) is 15.5 Å². The van der Waals surface area contributed by atoms with Crippen molar-refractivity contribution in [2.24, 2.45) is 10.9 Å². The number of halogens is 1. The van der Waals surface area contributed by atoms with Crippen molar-refractivity contribution in [2.75, 3.05) is 33.2 Å². The highest BCUT2D eigenvalue weighted by Crippen LogP contribution is 2.33. The zero-order valence-electron chi connectivity index (χ0n) is 14.7. The normalized spacial score (nSPS) is 20.4. The van der Waals surface area contributed by atoms with Gasteiger partial charge < -0.3 is 10.6 Å². The Bertz CT molecular complexity index is 334. The molecule has 0 radical (unpaired) electrons. The van der Waals surface area contributed by atoms with Crippen molar-refractivity contribution >= 4 is 29.9 Å². The van der Waals surface area contributed by atoms with Crippen molar-refractivity contribution in [3.63, 3.8) is 0 Å². The number of piperidine rings is 1. The highest BCUT2D eigenvalue weighted by Gasteiger charge is 2.27. The number of nitrogens with one attached hydrogen (secondary N) is 2. The molecule has 1 saturated heterocycles. The number of likely N-dealkylation sites (tertiary alicyclic amines) is 1. The lowest BCUT2D eigenvalue weighted by molar-refractivity contribution is 0.0982. The van der Waals surface area contributed by atoms with E-state index in [2.05, 4.69) is 34.4 Å². The summed E-state index contributed by atoms with van der Waals surface area (Å²) in [5.41, 5.74) is 0.200. The topological polar surface area (TPSA) is 39.7 Å². The van der Waals surface area contributed by atoms with Crippen molar-refractivity contribution in [3.8, 4) is 0 Å². The van der Waals surface area contributed by atoms with Crippen LogP contribution in [0.25, 0.3) is 0 Å². The molecule has 0 aromatic heterocycles. The largest absolute Gasteiger partial charge is 0.356 e. The van der Waals surface area contributed by atoms with Crippen LogP contribution < -0.4 is 10.6 Å². The molecule has 0 spiro atoms. The van der Waals surface area contributed by atoms with Gasteiger partial charge in [-0.05, 0) is 58.5 Å². The van der Waals surface area contributed by atoms with Crippen LogP contribution in [0.1, 0.15) is 58.8 Å². The van der Waals surface area contributed by atoms with Crippen LogP contribution in [0.2, 0.25) is 0 Å². The van der Waals surface area contributed by atoms with Gasteiger partial charge in [0.15, 0.2) is 5.96 Å². The van der Waals surface area contributed by atoms with Gasteiger partial charge in [-0.15, -0.1) is 24.0 Å². The van der Waals surface area contributed by atoms with Gasteiger partial charge in [-0.2, -0.15) is 0 Å². The molecular weight excluding hydrogens is 387 g/mol. The van der Waals surface area contributed by atoms with Gasteiger partial charge in [0.2, 0.25) is 0 Å². The third kappa shape index (κ3) is 7.02. The molecule has 2 aliphatic rings. The van der Waals surface area contributed by atoms with E-state index in [9.17, 15) is 0 Å². The molecule has 1 heterocycles. The Morgan fingerprint density at radius 1 is 1.14 bits per heavy atom. The molecular formula is C17H35IN4. The van der Waals surface area contributed by atoms with Gasteiger partial charge in [0.05, 0.1) is 0 Å². The zero-order chi connectivity index (χ0) is 15.1. The Labute approximate surface area is 153 Å². The van der Waals surface area contributed by atoms with E-state index >= 15 is 0 Å². The van der Waals surface area contributed by atoms with Crippen LogP contribution in [0.5, 0.6) is 0 Å². The van der Waals surface area contributed by atoms with Crippen molar-refractivity contribution < 1.29 is 0 Å². The van der Waals surface area contributed by atoms with Crippen LogP contribution in [0.4, 0.5) is 0 Å². The lowest BCUT2D eigenvalue weighted by atomic mass is 9.98. The van der Waals surface area contributed by atoms with Gasteiger partial charge in [-0.1, -0.05) is 19.3 Å². The molecule has 0 atom stereocenters. The molecule has 4 nitrogen and oxygen atoms in total. The van der Waals surface area contributed by atoms with Crippen LogP contribution in [0.3, 0.4) is 0 Å². The van der Waals surface area contributed by atoms with Crippen LogP contribution in [0.15, 0.2) is 4.99 Å². The first-order chi connectivity index (χ1) is 10.1. The Morgan fingerprint density at radius 2 is 1.82 bits per heavy atom. The average Bonchev–Trinajstić information content (AvgIpc) is 3.31. The smallest absolute Gasteiger partial charge is 0.191 e. The van der Waals surface area contributed by atoms with E-state index in [4.69, 9.17) is 0 Å². The molecule has 2 fully saturated rings. The summed E-state index contributed by atoms with van der Waals surface area (Å²) in [5.74, 6) is 1.98. The minimum absolute atomic E-state index is 0. The quantitative estimate of drug-likeness (QED) is 0.287. The molecule has 0 bridgehead atoms.